The Balaban J connectivity index is 1.67. The van der Waals surface area contributed by atoms with E-state index in [4.69, 9.17) is 9.47 Å². The number of rotatable bonds is 7. The van der Waals surface area contributed by atoms with Crippen LogP contribution in [0.15, 0.2) is 18.2 Å². The van der Waals surface area contributed by atoms with Crippen LogP contribution in [-0.2, 0) is 22.4 Å². The molecule has 150 valence electrons. The van der Waals surface area contributed by atoms with Gasteiger partial charge < -0.3 is 14.8 Å². The number of anilines is 1. The molecule has 2 aromatic rings. The summed E-state index contributed by atoms with van der Waals surface area (Å²) in [6, 6.07) is 5.88. The van der Waals surface area contributed by atoms with E-state index in [0.717, 1.165) is 30.4 Å². The monoisotopic (exact) mass is 401 g/mol. The number of benzene rings is 1. The van der Waals surface area contributed by atoms with E-state index in [1.807, 2.05) is 25.1 Å². The highest BCUT2D eigenvalue weighted by Gasteiger charge is 2.28. The minimum atomic E-state index is -0.363. The van der Waals surface area contributed by atoms with Crippen molar-refractivity contribution in [3.05, 3.63) is 45.3 Å². The minimum absolute atomic E-state index is 0.106. The summed E-state index contributed by atoms with van der Waals surface area (Å²) in [4.78, 5) is 26.0. The third kappa shape index (κ3) is 4.38. The quantitative estimate of drug-likeness (QED) is 0.673. The van der Waals surface area contributed by atoms with E-state index >= 15 is 0 Å². The van der Waals surface area contributed by atoms with Crippen molar-refractivity contribution in [2.75, 3.05) is 18.5 Å². The number of carbonyl (C=O) groups is 2. The van der Waals surface area contributed by atoms with Crippen molar-refractivity contribution in [1.29, 1.82) is 0 Å². The molecule has 0 saturated heterocycles. The molecule has 0 radical (unpaired) electrons. The summed E-state index contributed by atoms with van der Waals surface area (Å²) in [5.41, 5.74) is 3.96. The Hall–Kier alpha value is -2.34. The number of aryl methyl sites for hydroxylation is 2. The smallest absolute Gasteiger partial charge is 0.341 e. The fraction of sp³-hybridized carbons (Fsp3) is 0.455. The fourth-order valence-electron chi connectivity index (χ4n) is 3.61. The van der Waals surface area contributed by atoms with Crippen LogP contribution in [0.3, 0.4) is 0 Å². The number of amides is 1. The first kappa shape index (κ1) is 20.4. The van der Waals surface area contributed by atoms with Gasteiger partial charge in [0.2, 0.25) is 0 Å². The zero-order chi connectivity index (χ0) is 20.3. The summed E-state index contributed by atoms with van der Waals surface area (Å²) in [5, 5.41) is 3.42. The number of nitrogens with one attached hydrogen (secondary N) is 1. The SMILES string of the molecule is CCOC(=O)c1c(NC(=O)COc2ccc(C(C)C)c(C)c2)sc2c1CCC2. The lowest BCUT2D eigenvalue weighted by Crippen LogP contribution is -2.21. The van der Waals surface area contributed by atoms with Crippen LogP contribution < -0.4 is 10.1 Å². The van der Waals surface area contributed by atoms with Crippen molar-refractivity contribution in [2.24, 2.45) is 0 Å². The van der Waals surface area contributed by atoms with E-state index in [-0.39, 0.29) is 18.5 Å². The summed E-state index contributed by atoms with van der Waals surface area (Å²) in [7, 11) is 0. The zero-order valence-electron chi connectivity index (χ0n) is 16.9. The molecular formula is C22H27NO4S. The van der Waals surface area contributed by atoms with E-state index < -0.39 is 0 Å². The Morgan fingerprint density at radius 3 is 2.71 bits per heavy atom. The second-order valence-electron chi connectivity index (χ2n) is 7.29. The standard InChI is InChI=1S/C22H27NO4S/c1-5-26-22(25)20-17-7-6-8-18(17)28-21(20)23-19(24)12-27-15-9-10-16(13(2)3)14(4)11-15/h9-11,13H,5-8,12H2,1-4H3,(H,23,24). The van der Waals surface area contributed by atoms with Crippen molar-refractivity contribution >= 4 is 28.2 Å². The third-order valence-corrected chi connectivity index (χ3v) is 6.09. The van der Waals surface area contributed by atoms with Gasteiger partial charge in [-0.15, -0.1) is 11.3 Å². The maximum atomic E-state index is 12.4. The molecule has 1 aliphatic rings. The largest absolute Gasteiger partial charge is 0.484 e. The van der Waals surface area contributed by atoms with Gasteiger partial charge in [-0.1, -0.05) is 19.9 Å². The highest BCUT2D eigenvalue weighted by molar-refractivity contribution is 7.17. The Morgan fingerprint density at radius 1 is 1.25 bits per heavy atom. The lowest BCUT2D eigenvalue weighted by atomic mass is 9.98. The van der Waals surface area contributed by atoms with Gasteiger partial charge >= 0.3 is 5.97 Å². The van der Waals surface area contributed by atoms with Crippen molar-refractivity contribution in [3.8, 4) is 5.75 Å². The third-order valence-electron chi connectivity index (χ3n) is 4.89. The summed E-state index contributed by atoms with van der Waals surface area (Å²) in [6.07, 6.45) is 2.84. The van der Waals surface area contributed by atoms with Crippen LogP contribution >= 0.6 is 11.3 Å². The highest BCUT2D eigenvalue weighted by Crippen LogP contribution is 2.39. The molecular weight excluding hydrogens is 374 g/mol. The lowest BCUT2D eigenvalue weighted by molar-refractivity contribution is -0.118. The molecule has 6 heteroatoms. The molecule has 1 aromatic carbocycles. The van der Waals surface area contributed by atoms with Crippen LogP contribution in [0, 0.1) is 6.92 Å². The molecule has 1 heterocycles. The summed E-state index contributed by atoms with van der Waals surface area (Å²) >= 11 is 1.47. The fourth-order valence-corrected chi connectivity index (χ4v) is 4.90. The normalized spacial score (nSPS) is 12.8. The molecule has 0 aliphatic heterocycles. The average molecular weight is 402 g/mol. The van der Waals surface area contributed by atoms with Gasteiger partial charge in [0.15, 0.2) is 6.61 Å². The van der Waals surface area contributed by atoms with Gasteiger partial charge in [-0.05, 0) is 67.9 Å². The summed E-state index contributed by atoms with van der Waals surface area (Å²) in [5.74, 6) is 0.463. The second-order valence-corrected chi connectivity index (χ2v) is 8.40. The molecule has 1 aliphatic carbocycles. The number of thiophene rings is 1. The topological polar surface area (TPSA) is 64.6 Å². The first-order valence-corrected chi connectivity index (χ1v) is 10.6. The maximum absolute atomic E-state index is 12.4. The molecule has 0 atom stereocenters. The maximum Gasteiger partial charge on any atom is 0.341 e. The van der Waals surface area contributed by atoms with Gasteiger partial charge in [-0.2, -0.15) is 0 Å². The van der Waals surface area contributed by atoms with Gasteiger partial charge in [0, 0.05) is 4.88 Å². The Labute approximate surface area is 170 Å². The number of carbonyl (C=O) groups excluding carboxylic acids is 2. The second kappa shape index (κ2) is 8.78. The molecule has 1 aromatic heterocycles. The lowest BCUT2D eigenvalue weighted by Gasteiger charge is -2.12. The van der Waals surface area contributed by atoms with Crippen molar-refractivity contribution in [3.63, 3.8) is 0 Å². The molecule has 0 bridgehead atoms. The predicted octanol–water partition coefficient (Wildman–Crippen LogP) is 4.86. The molecule has 1 N–H and O–H groups in total. The van der Waals surface area contributed by atoms with Crippen molar-refractivity contribution in [1.82, 2.24) is 0 Å². The Kier molecular flexibility index (Phi) is 6.39. The number of hydrogen-bond donors (Lipinski definition) is 1. The van der Waals surface area contributed by atoms with Crippen LogP contribution in [0.4, 0.5) is 5.00 Å². The molecule has 3 rings (SSSR count). The van der Waals surface area contributed by atoms with Crippen molar-refractivity contribution < 1.29 is 19.1 Å². The van der Waals surface area contributed by atoms with E-state index in [0.29, 0.717) is 28.8 Å². The molecule has 0 unspecified atom stereocenters. The van der Waals surface area contributed by atoms with Gasteiger partial charge in [0.25, 0.3) is 5.91 Å². The minimum Gasteiger partial charge on any atom is -0.484 e. The van der Waals surface area contributed by atoms with E-state index in [1.165, 1.54) is 21.8 Å². The van der Waals surface area contributed by atoms with Crippen molar-refractivity contribution in [2.45, 2.75) is 52.9 Å². The Bertz CT molecular complexity index is 885. The van der Waals surface area contributed by atoms with E-state index in [1.54, 1.807) is 6.92 Å². The van der Waals surface area contributed by atoms with Gasteiger partial charge in [0.05, 0.1) is 12.2 Å². The average Bonchev–Trinajstić information content (AvgIpc) is 3.20. The molecule has 28 heavy (non-hydrogen) atoms. The van der Waals surface area contributed by atoms with Gasteiger partial charge in [-0.25, -0.2) is 4.79 Å². The number of hydrogen-bond acceptors (Lipinski definition) is 5. The molecule has 1 amide bonds. The van der Waals surface area contributed by atoms with E-state index in [2.05, 4.69) is 19.2 Å². The summed E-state index contributed by atoms with van der Waals surface area (Å²) in [6.45, 7) is 8.33. The van der Waals surface area contributed by atoms with Crippen LogP contribution in [0.5, 0.6) is 5.75 Å². The number of esters is 1. The molecule has 0 saturated carbocycles. The predicted molar refractivity (Wildman–Crippen MR) is 112 cm³/mol. The summed E-state index contributed by atoms with van der Waals surface area (Å²) < 4.78 is 10.8. The molecule has 0 spiro atoms. The molecule has 0 fully saturated rings. The van der Waals surface area contributed by atoms with Crippen LogP contribution in [0.25, 0.3) is 0 Å². The van der Waals surface area contributed by atoms with Crippen LogP contribution in [0.1, 0.15) is 65.0 Å². The van der Waals surface area contributed by atoms with E-state index in [9.17, 15) is 9.59 Å². The van der Waals surface area contributed by atoms with Crippen LogP contribution in [-0.4, -0.2) is 25.1 Å². The number of fused-ring (bicyclic) bond motifs is 1. The highest BCUT2D eigenvalue weighted by atomic mass is 32.1. The zero-order valence-corrected chi connectivity index (χ0v) is 17.7. The number of ether oxygens (including phenoxy) is 2. The molecule has 5 nitrogen and oxygen atoms in total. The Morgan fingerprint density at radius 2 is 2.04 bits per heavy atom. The van der Waals surface area contributed by atoms with Crippen LogP contribution in [0.2, 0.25) is 0 Å². The first-order valence-electron chi connectivity index (χ1n) is 9.75. The van der Waals surface area contributed by atoms with Gasteiger partial charge in [0.1, 0.15) is 10.8 Å². The first-order chi connectivity index (χ1) is 13.4. The van der Waals surface area contributed by atoms with Gasteiger partial charge in [-0.3, -0.25) is 4.79 Å².